The molecule has 0 aromatic heterocycles. The summed E-state index contributed by atoms with van der Waals surface area (Å²) < 4.78 is 0. The first-order valence-corrected chi connectivity index (χ1v) is 7.81. The number of hydrogen-bond donors (Lipinski definition) is 5. The third kappa shape index (κ3) is 6.15. The fraction of sp³-hybridized carbons (Fsp3) is 0.200. The summed E-state index contributed by atoms with van der Waals surface area (Å²) in [6, 6.07) is 12.3. The molecule has 2 aromatic carbocycles. The lowest BCUT2D eigenvalue weighted by molar-refractivity contribution is -0.133. The van der Waals surface area contributed by atoms with Crippen molar-refractivity contribution in [3.05, 3.63) is 65.2 Å². The largest absolute Gasteiger partial charge is 0.399 e. The van der Waals surface area contributed by atoms with Crippen LogP contribution in [0.2, 0.25) is 0 Å². The molecule has 0 saturated heterocycles. The maximum absolute atomic E-state index is 12.2. The molecule has 2 atom stereocenters. The Morgan fingerprint density at radius 3 is 1.93 bits per heavy atom. The number of hydrogen-bond acceptors (Lipinski definition) is 5. The fourth-order valence-electron chi connectivity index (χ4n) is 2.12. The van der Waals surface area contributed by atoms with Gasteiger partial charge in [0.2, 0.25) is 0 Å². The van der Waals surface area contributed by atoms with Gasteiger partial charge in [-0.05, 0) is 55.5 Å². The van der Waals surface area contributed by atoms with Crippen molar-refractivity contribution in [2.45, 2.75) is 26.5 Å². The Bertz CT molecular complexity index is 834. The van der Waals surface area contributed by atoms with E-state index in [9.17, 15) is 14.7 Å². The Labute approximate surface area is 158 Å². The predicted molar refractivity (Wildman–Crippen MR) is 103 cm³/mol. The van der Waals surface area contributed by atoms with Crippen LogP contribution in [-0.4, -0.2) is 34.3 Å². The van der Waals surface area contributed by atoms with Crippen molar-refractivity contribution in [2.75, 3.05) is 5.73 Å². The first-order chi connectivity index (χ1) is 12.4. The second kappa shape index (κ2) is 9.97. The molecule has 2 aromatic rings. The first kappa shape index (κ1) is 21.7. The number of aliphatic hydroxyl groups excluding tert-OH is 1. The van der Waals surface area contributed by atoms with E-state index in [0.717, 1.165) is 5.56 Å². The van der Waals surface area contributed by atoms with Crippen molar-refractivity contribution in [3.8, 4) is 11.8 Å². The first-order valence-electron chi connectivity index (χ1n) is 7.81. The summed E-state index contributed by atoms with van der Waals surface area (Å²) in [5.41, 5.74) is 9.50. The molecule has 0 unspecified atom stereocenters. The molecule has 0 bridgehead atoms. The van der Waals surface area contributed by atoms with Crippen LogP contribution in [0.3, 0.4) is 0 Å². The van der Waals surface area contributed by atoms with Crippen LogP contribution in [0.1, 0.15) is 35.8 Å². The van der Waals surface area contributed by atoms with Gasteiger partial charge in [0.15, 0.2) is 0 Å². The van der Waals surface area contributed by atoms with Crippen LogP contribution in [0, 0.1) is 11.8 Å². The van der Waals surface area contributed by atoms with Crippen LogP contribution < -0.4 is 16.5 Å². The van der Waals surface area contributed by atoms with Gasteiger partial charge in [-0.15, -0.1) is 0 Å². The normalized spacial score (nSPS) is 11.8. The minimum Gasteiger partial charge on any atom is -0.399 e. The molecule has 2 amide bonds. The van der Waals surface area contributed by atoms with Gasteiger partial charge in [0.05, 0.1) is 6.10 Å². The summed E-state index contributed by atoms with van der Waals surface area (Å²) >= 11 is 0. The van der Waals surface area contributed by atoms with Crippen LogP contribution in [0.5, 0.6) is 0 Å². The minimum absolute atomic E-state index is 0. The third-order valence-electron chi connectivity index (χ3n) is 3.57. The van der Waals surface area contributed by atoms with Crippen molar-refractivity contribution in [2.24, 2.45) is 0 Å². The van der Waals surface area contributed by atoms with E-state index in [0.29, 0.717) is 16.8 Å². The lowest BCUT2D eigenvalue weighted by Crippen LogP contribution is -2.51. The summed E-state index contributed by atoms with van der Waals surface area (Å²) in [5, 5.41) is 20.6. The van der Waals surface area contributed by atoms with Crippen molar-refractivity contribution in [1.29, 1.82) is 0 Å². The molecular weight excluding hydrogens is 346 g/mol. The second-order valence-corrected chi connectivity index (χ2v) is 5.62. The number of rotatable bonds is 4. The van der Waals surface area contributed by atoms with Crippen molar-refractivity contribution in [1.82, 2.24) is 10.8 Å². The van der Waals surface area contributed by atoms with Crippen LogP contribution >= 0.6 is 0 Å². The maximum atomic E-state index is 12.2. The van der Waals surface area contributed by atoms with Crippen LogP contribution in [0.15, 0.2) is 48.5 Å². The molecule has 0 fully saturated rings. The monoisotopic (exact) mass is 369 g/mol. The van der Waals surface area contributed by atoms with E-state index in [1.54, 1.807) is 36.4 Å². The van der Waals surface area contributed by atoms with Gasteiger partial charge in [-0.1, -0.05) is 19.3 Å². The average molecular weight is 369 g/mol. The van der Waals surface area contributed by atoms with Gasteiger partial charge in [0.25, 0.3) is 11.8 Å². The molecule has 0 saturated carbocycles. The summed E-state index contributed by atoms with van der Waals surface area (Å²) in [6.45, 7) is 1.33. The molecule has 0 aliphatic rings. The lowest BCUT2D eigenvalue weighted by atomic mass is 10.1. The van der Waals surface area contributed by atoms with Crippen LogP contribution in [-0.2, 0) is 4.79 Å². The topological polar surface area (TPSA) is 125 Å². The Hall–Kier alpha value is -3.34. The van der Waals surface area contributed by atoms with E-state index < -0.39 is 24.0 Å². The predicted octanol–water partition coefficient (Wildman–Crippen LogP) is 1.29. The SMILES string of the molecule is C.C[C@H](O)[C@H](NC(=O)c1ccc(C#Cc2ccc(N)cc2)cc1)C(=O)NO. The standard InChI is InChI=1S/C19H19N3O4.CH4/c1-12(23)17(19(25)22-26)21-18(24)15-8-4-13(5-9-15)2-3-14-6-10-16(20)11-7-14;/h4-12,17,23,26H,20H2,1H3,(H,21,24)(H,22,25);1H4/t12-,17-;/m0./s1. The van der Waals surface area contributed by atoms with Gasteiger partial charge in [0.1, 0.15) is 6.04 Å². The van der Waals surface area contributed by atoms with Crippen LogP contribution in [0.25, 0.3) is 0 Å². The number of hydroxylamine groups is 1. The number of aliphatic hydroxyl groups is 1. The van der Waals surface area contributed by atoms with Gasteiger partial charge in [-0.3, -0.25) is 14.8 Å². The molecule has 0 radical (unpaired) electrons. The van der Waals surface area contributed by atoms with Gasteiger partial charge in [-0.25, -0.2) is 5.48 Å². The van der Waals surface area contributed by atoms with E-state index in [4.69, 9.17) is 10.9 Å². The van der Waals surface area contributed by atoms with E-state index in [-0.39, 0.29) is 7.43 Å². The van der Waals surface area contributed by atoms with Gasteiger partial charge >= 0.3 is 0 Å². The number of carbonyl (C=O) groups excluding carboxylic acids is 2. The Kier molecular flexibility index (Phi) is 8.01. The van der Waals surface area contributed by atoms with Crippen molar-refractivity contribution >= 4 is 17.5 Å². The van der Waals surface area contributed by atoms with E-state index in [2.05, 4.69) is 17.2 Å². The second-order valence-electron chi connectivity index (χ2n) is 5.62. The molecule has 27 heavy (non-hydrogen) atoms. The number of benzene rings is 2. The highest BCUT2D eigenvalue weighted by atomic mass is 16.5. The Balaban J connectivity index is 0.00000364. The van der Waals surface area contributed by atoms with Crippen LogP contribution in [0.4, 0.5) is 5.69 Å². The number of amides is 2. The number of nitrogens with two attached hydrogens (primary N) is 1. The molecule has 142 valence electrons. The summed E-state index contributed by atoms with van der Waals surface area (Å²) in [6.07, 6.45) is -1.17. The molecule has 0 spiro atoms. The zero-order valence-electron chi connectivity index (χ0n) is 14.1. The molecular formula is C20H23N3O4. The van der Waals surface area contributed by atoms with Crippen molar-refractivity contribution in [3.63, 3.8) is 0 Å². The zero-order chi connectivity index (χ0) is 19.1. The number of nitrogen functional groups attached to an aromatic ring is 1. The van der Waals surface area contributed by atoms with Crippen molar-refractivity contribution < 1.29 is 19.9 Å². The Morgan fingerprint density at radius 2 is 1.48 bits per heavy atom. The highest BCUT2D eigenvalue weighted by molar-refractivity contribution is 5.97. The number of carbonyl (C=O) groups is 2. The highest BCUT2D eigenvalue weighted by Crippen LogP contribution is 2.07. The molecule has 2 rings (SSSR count). The zero-order valence-corrected chi connectivity index (χ0v) is 14.1. The average Bonchev–Trinajstić information content (AvgIpc) is 2.65. The minimum atomic E-state index is -1.27. The molecule has 0 aliphatic carbocycles. The van der Waals surface area contributed by atoms with Gasteiger partial charge in [0, 0.05) is 22.4 Å². The number of anilines is 1. The maximum Gasteiger partial charge on any atom is 0.268 e. The Morgan fingerprint density at radius 1 is 1.00 bits per heavy atom. The molecule has 0 heterocycles. The van der Waals surface area contributed by atoms with Gasteiger partial charge < -0.3 is 16.2 Å². The highest BCUT2D eigenvalue weighted by Gasteiger charge is 2.25. The summed E-state index contributed by atoms with van der Waals surface area (Å²) in [5.74, 6) is 4.50. The lowest BCUT2D eigenvalue weighted by Gasteiger charge is -2.19. The molecule has 0 aliphatic heterocycles. The fourth-order valence-corrected chi connectivity index (χ4v) is 2.12. The summed E-state index contributed by atoms with van der Waals surface area (Å²) in [7, 11) is 0. The molecule has 6 N–H and O–H groups in total. The summed E-state index contributed by atoms with van der Waals surface area (Å²) in [4.78, 5) is 23.6. The van der Waals surface area contributed by atoms with Gasteiger partial charge in [-0.2, -0.15) is 0 Å². The number of nitrogens with one attached hydrogen (secondary N) is 2. The third-order valence-corrected chi connectivity index (χ3v) is 3.57. The molecule has 7 nitrogen and oxygen atoms in total. The van der Waals surface area contributed by atoms with E-state index in [1.165, 1.54) is 12.4 Å². The quantitative estimate of drug-likeness (QED) is 0.240. The smallest absolute Gasteiger partial charge is 0.268 e. The molecule has 7 heteroatoms. The van der Waals surface area contributed by atoms with E-state index in [1.807, 2.05) is 12.1 Å². The van der Waals surface area contributed by atoms with E-state index >= 15 is 0 Å².